The van der Waals surface area contributed by atoms with Gasteiger partial charge in [-0.1, -0.05) is 6.07 Å². The average molecular weight is 279 g/mol. The highest BCUT2D eigenvalue weighted by Crippen LogP contribution is 2.11. The molecule has 0 saturated carbocycles. The van der Waals surface area contributed by atoms with Crippen LogP contribution in [0.4, 0.5) is 8.78 Å². The molecule has 0 bridgehead atoms. The van der Waals surface area contributed by atoms with Gasteiger partial charge < -0.3 is 10.6 Å². The van der Waals surface area contributed by atoms with Gasteiger partial charge in [0.15, 0.2) is 0 Å². The molecule has 18 heavy (non-hydrogen) atoms. The molecule has 1 amide bonds. The predicted octanol–water partition coefficient (Wildman–Crippen LogP) is 1.65. The topological polar surface area (TPSA) is 41.1 Å². The van der Waals surface area contributed by atoms with E-state index in [1.807, 2.05) is 0 Å². The standard InChI is InChI=1S/C12H16F2N2O.ClH/c1-15-7-6-12(17)16-8-5-9-10(13)3-2-4-11(9)14;/h2-4,15H,5-8H2,1H3,(H,16,17);1H. The quantitative estimate of drug-likeness (QED) is 0.831. The lowest BCUT2D eigenvalue weighted by atomic mass is 10.1. The number of hydrogen-bond acceptors (Lipinski definition) is 2. The van der Waals surface area contributed by atoms with Gasteiger partial charge in [-0.3, -0.25) is 4.79 Å². The number of carbonyl (C=O) groups is 1. The second-order valence-corrected chi connectivity index (χ2v) is 3.65. The Morgan fingerprint density at radius 3 is 2.39 bits per heavy atom. The third-order valence-corrected chi connectivity index (χ3v) is 2.36. The molecule has 0 saturated heterocycles. The molecule has 0 aliphatic carbocycles. The molecule has 0 unspecified atom stereocenters. The number of halogens is 3. The zero-order valence-corrected chi connectivity index (χ0v) is 10.9. The predicted molar refractivity (Wildman–Crippen MR) is 68.9 cm³/mol. The fraction of sp³-hybridized carbons (Fsp3) is 0.417. The van der Waals surface area contributed by atoms with Gasteiger partial charge in [0.25, 0.3) is 0 Å². The summed E-state index contributed by atoms with van der Waals surface area (Å²) in [6.45, 7) is 0.820. The van der Waals surface area contributed by atoms with E-state index in [9.17, 15) is 13.6 Å². The van der Waals surface area contributed by atoms with Crippen LogP contribution in [-0.4, -0.2) is 26.0 Å². The van der Waals surface area contributed by atoms with E-state index < -0.39 is 11.6 Å². The third-order valence-electron chi connectivity index (χ3n) is 2.36. The van der Waals surface area contributed by atoms with E-state index in [-0.39, 0.29) is 36.8 Å². The molecule has 1 rings (SSSR count). The summed E-state index contributed by atoms with van der Waals surface area (Å²) in [5, 5.41) is 5.45. The summed E-state index contributed by atoms with van der Waals surface area (Å²) >= 11 is 0. The van der Waals surface area contributed by atoms with Gasteiger partial charge in [0.05, 0.1) is 0 Å². The molecule has 0 fully saturated rings. The van der Waals surface area contributed by atoms with Crippen LogP contribution in [0.2, 0.25) is 0 Å². The van der Waals surface area contributed by atoms with Crippen molar-refractivity contribution in [1.29, 1.82) is 0 Å². The lowest BCUT2D eigenvalue weighted by Gasteiger charge is -2.06. The van der Waals surface area contributed by atoms with Crippen molar-refractivity contribution in [1.82, 2.24) is 10.6 Å². The maximum absolute atomic E-state index is 13.2. The Morgan fingerprint density at radius 2 is 1.83 bits per heavy atom. The van der Waals surface area contributed by atoms with Crippen LogP contribution in [0.1, 0.15) is 12.0 Å². The van der Waals surface area contributed by atoms with Crippen molar-refractivity contribution < 1.29 is 13.6 Å². The van der Waals surface area contributed by atoms with Crippen LogP contribution in [0.5, 0.6) is 0 Å². The monoisotopic (exact) mass is 278 g/mol. The summed E-state index contributed by atoms with van der Waals surface area (Å²) in [4.78, 5) is 11.2. The normalized spacial score (nSPS) is 9.72. The molecule has 0 aromatic heterocycles. The number of amides is 1. The van der Waals surface area contributed by atoms with Gasteiger partial charge in [-0.05, 0) is 25.6 Å². The van der Waals surface area contributed by atoms with Crippen LogP contribution >= 0.6 is 12.4 Å². The summed E-state index contributed by atoms with van der Waals surface area (Å²) < 4.78 is 26.4. The van der Waals surface area contributed by atoms with Crippen molar-refractivity contribution in [2.24, 2.45) is 0 Å². The highest BCUT2D eigenvalue weighted by molar-refractivity contribution is 5.85. The maximum Gasteiger partial charge on any atom is 0.221 e. The molecule has 0 atom stereocenters. The number of hydrogen-bond donors (Lipinski definition) is 2. The van der Waals surface area contributed by atoms with E-state index in [0.29, 0.717) is 13.0 Å². The van der Waals surface area contributed by atoms with Gasteiger partial charge in [0, 0.05) is 25.1 Å². The summed E-state index contributed by atoms with van der Waals surface area (Å²) in [6.07, 6.45) is 0.514. The zero-order valence-electron chi connectivity index (χ0n) is 10.1. The molecule has 1 aromatic carbocycles. The van der Waals surface area contributed by atoms with Crippen molar-refractivity contribution >= 4 is 18.3 Å². The van der Waals surface area contributed by atoms with Gasteiger partial charge in [-0.2, -0.15) is 0 Å². The SMILES string of the molecule is CNCCC(=O)NCCc1c(F)cccc1F.Cl. The third kappa shape index (κ3) is 5.42. The van der Waals surface area contributed by atoms with E-state index in [0.717, 1.165) is 0 Å². The molecule has 0 spiro atoms. The Balaban J connectivity index is 0.00000289. The molecule has 102 valence electrons. The first kappa shape index (κ1) is 16.8. The molecular formula is C12H17ClF2N2O. The Hall–Kier alpha value is -1.20. The van der Waals surface area contributed by atoms with Crippen LogP contribution in [0.3, 0.4) is 0 Å². The Morgan fingerprint density at radius 1 is 1.22 bits per heavy atom. The summed E-state index contributed by atoms with van der Waals surface area (Å²) in [6, 6.07) is 3.74. The summed E-state index contributed by atoms with van der Waals surface area (Å²) in [5.74, 6) is -1.28. The molecule has 0 radical (unpaired) electrons. The van der Waals surface area contributed by atoms with E-state index >= 15 is 0 Å². The largest absolute Gasteiger partial charge is 0.356 e. The van der Waals surface area contributed by atoms with Crippen molar-refractivity contribution in [3.63, 3.8) is 0 Å². The van der Waals surface area contributed by atoms with Crippen LogP contribution in [0.15, 0.2) is 18.2 Å². The second-order valence-electron chi connectivity index (χ2n) is 3.65. The Labute approximate surface area is 111 Å². The lowest BCUT2D eigenvalue weighted by molar-refractivity contribution is -0.120. The first-order valence-corrected chi connectivity index (χ1v) is 5.49. The van der Waals surface area contributed by atoms with Crippen LogP contribution in [-0.2, 0) is 11.2 Å². The van der Waals surface area contributed by atoms with Crippen LogP contribution < -0.4 is 10.6 Å². The highest BCUT2D eigenvalue weighted by atomic mass is 35.5. The van der Waals surface area contributed by atoms with Gasteiger partial charge in [0.1, 0.15) is 11.6 Å². The highest BCUT2D eigenvalue weighted by Gasteiger charge is 2.08. The summed E-state index contributed by atoms with van der Waals surface area (Å²) in [7, 11) is 1.75. The zero-order chi connectivity index (χ0) is 12.7. The van der Waals surface area contributed by atoms with E-state index in [1.165, 1.54) is 18.2 Å². The molecule has 0 aliphatic heterocycles. The van der Waals surface area contributed by atoms with E-state index in [1.54, 1.807) is 7.05 Å². The molecule has 0 aliphatic rings. The van der Waals surface area contributed by atoms with Gasteiger partial charge in [-0.25, -0.2) is 8.78 Å². The van der Waals surface area contributed by atoms with E-state index in [4.69, 9.17) is 0 Å². The minimum Gasteiger partial charge on any atom is -0.356 e. The molecule has 0 heterocycles. The smallest absolute Gasteiger partial charge is 0.221 e. The van der Waals surface area contributed by atoms with Crippen molar-refractivity contribution in [2.75, 3.05) is 20.1 Å². The first-order chi connectivity index (χ1) is 8.15. The lowest BCUT2D eigenvalue weighted by Crippen LogP contribution is -2.28. The number of carbonyl (C=O) groups excluding carboxylic acids is 1. The molecule has 1 aromatic rings. The minimum atomic E-state index is -0.575. The van der Waals surface area contributed by atoms with Crippen LogP contribution in [0.25, 0.3) is 0 Å². The number of benzene rings is 1. The Bertz CT molecular complexity index is 368. The van der Waals surface area contributed by atoms with Gasteiger partial charge in [0.2, 0.25) is 5.91 Å². The molecular weight excluding hydrogens is 262 g/mol. The minimum absolute atomic E-state index is 0. The Kier molecular flexibility index (Phi) is 8.24. The van der Waals surface area contributed by atoms with Gasteiger partial charge >= 0.3 is 0 Å². The number of rotatable bonds is 6. The van der Waals surface area contributed by atoms with Gasteiger partial charge in [-0.15, -0.1) is 12.4 Å². The van der Waals surface area contributed by atoms with E-state index in [2.05, 4.69) is 10.6 Å². The fourth-order valence-electron chi connectivity index (χ4n) is 1.43. The van der Waals surface area contributed by atoms with Crippen molar-refractivity contribution in [3.05, 3.63) is 35.4 Å². The molecule has 2 N–H and O–H groups in total. The molecule has 3 nitrogen and oxygen atoms in total. The fourth-order valence-corrected chi connectivity index (χ4v) is 1.43. The maximum atomic E-state index is 13.2. The first-order valence-electron chi connectivity index (χ1n) is 5.49. The van der Waals surface area contributed by atoms with Crippen LogP contribution in [0, 0.1) is 11.6 Å². The van der Waals surface area contributed by atoms with Crippen molar-refractivity contribution in [3.8, 4) is 0 Å². The second kappa shape index (κ2) is 8.83. The average Bonchev–Trinajstić information content (AvgIpc) is 2.30. The molecule has 6 heteroatoms. The number of nitrogens with one attached hydrogen (secondary N) is 2. The van der Waals surface area contributed by atoms with Crippen molar-refractivity contribution in [2.45, 2.75) is 12.8 Å². The summed E-state index contributed by atoms with van der Waals surface area (Å²) in [5.41, 5.74) is 0.0152.